The highest BCUT2D eigenvalue weighted by Crippen LogP contribution is 2.40. The van der Waals surface area contributed by atoms with Gasteiger partial charge in [0, 0.05) is 61.6 Å². The van der Waals surface area contributed by atoms with Crippen molar-refractivity contribution in [1.29, 1.82) is 0 Å². The molecule has 2 aliphatic rings. The highest BCUT2D eigenvalue weighted by Gasteiger charge is 2.41. The fourth-order valence-electron chi connectivity index (χ4n) is 6.70. The third-order valence-electron chi connectivity index (χ3n) is 9.63. The highest BCUT2D eigenvalue weighted by atomic mass is 35.5. The monoisotopic (exact) mass is 671 g/mol. The SMILES string of the molecule is CC1CN(C(=O)CCCCCC(F)(F)c2nc(N3CCCC3)c3oc4ccccc4c3n2)CCC1(C)c1cc(Cl)c[nH]c1=O.O=CO. The van der Waals surface area contributed by atoms with Crippen LogP contribution in [0.25, 0.3) is 22.1 Å². The number of piperidine rings is 1. The van der Waals surface area contributed by atoms with Gasteiger partial charge in [0.15, 0.2) is 11.4 Å². The molecule has 1 amide bonds. The van der Waals surface area contributed by atoms with Crippen molar-refractivity contribution in [3.05, 3.63) is 63.3 Å². The molecule has 1 aromatic carbocycles. The molecule has 0 spiro atoms. The molecule has 2 saturated heterocycles. The number of rotatable bonds is 9. The molecule has 2 N–H and O–H groups in total. The van der Waals surface area contributed by atoms with Crippen molar-refractivity contribution in [2.45, 2.75) is 76.6 Å². The fraction of sp³-hybridized carbons (Fsp3) is 0.500. The summed E-state index contributed by atoms with van der Waals surface area (Å²) in [6.07, 6.45) is 5.26. The molecule has 10 nitrogen and oxygen atoms in total. The van der Waals surface area contributed by atoms with Gasteiger partial charge in [0.2, 0.25) is 11.7 Å². The normalized spacial score (nSPS) is 20.0. The van der Waals surface area contributed by atoms with Crippen LogP contribution in [0.4, 0.5) is 14.6 Å². The van der Waals surface area contributed by atoms with Crippen LogP contribution in [0.3, 0.4) is 0 Å². The zero-order valence-corrected chi connectivity index (χ0v) is 27.4. The van der Waals surface area contributed by atoms with Crippen LogP contribution in [0.15, 0.2) is 45.7 Å². The third-order valence-corrected chi connectivity index (χ3v) is 9.85. The minimum absolute atomic E-state index is 0.0153. The number of nitrogens with zero attached hydrogens (tertiary/aromatic N) is 4. The van der Waals surface area contributed by atoms with E-state index < -0.39 is 23.6 Å². The highest BCUT2D eigenvalue weighted by molar-refractivity contribution is 6.30. The summed E-state index contributed by atoms with van der Waals surface area (Å²) in [6, 6.07) is 9.06. The molecule has 3 aromatic heterocycles. The lowest BCUT2D eigenvalue weighted by atomic mass is 9.68. The molecule has 2 fully saturated rings. The third kappa shape index (κ3) is 7.27. The van der Waals surface area contributed by atoms with E-state index in [2.05, 4.69) is 15.0 Å². The maximum Gasteiger partial charge on any atom is 0.306 e. The number of unbranched alkanes of at least 4 members (excludes halogenated alkanes) is 2. The Morgan fingerprint density at radius 2 is 1.91 bits per heavy atom. The maximum absolute atomic E-state index is 15.6. The molecule has 6 rings (SSSR count). The first-order valence-corrected chi connectivity index (χ1v) is 16.4. The van der Waals surface area contributed by atoms with Crippen LogP contribution in [0.1, 0.15) is 76.6 Å². The molecule has 2 atom stereocenters. The van der Waals surface area contributed by atoms with Crippen molar-refractivity contribution in [1.82, 2.24) is 19.9 Å². The molecule has 4 aromatic rings. The van der Waals surface area contributed by atoms with E-state index in [1.165, 1.54) is 6.20 Å². The Balaban J connectivity index is 0.00000139. The first kappa shape index (κ1) is 34.3. The minimum atomic E-state index is -3.21. The van der Waals surface area contributed by atoms with Gasteiger partial charge in [0.05, 0.1) is 5.02 Å². The van der Waals surface area contributed by atoms with Crippen LogP contribution in [0, 0.1) is 5.92 Å². The lowest BCUT2D eigenvalue weighted by molar-refractivity contribution is -0.134. The predicted molar refractivity (Wildman–Crippen MR) is 176 cm³/mol. The molecule has 13 heteroatoms. The van der Waals surface area contributed by atoms with E-state index in [1.807, 2.05) is 47.9 Å². The van der Waals surface area contributed by atoms with Gasteiger partial charge in [-0.05, 0) is 56.2 Å². The number of carboxylic acid groups (broad SMARTS) is 1. The Morgan fingerprint density at radius 3 is 2.64 bits per heavy atom. The number of alkyl halides is 2. The number of nitrogens with one attached hydrogen (secondary N) is 1. The number of pyridine rings is 1. The van der Waals surface area contributed by atoms with Crippen molar-refractivity contribution in [2.75, 3.05) is 31.1 Å². The summed E-state index contributed by atoms with van der Waals surface area (Å²) in [5.74, 6) is -3.18. The first-order chi connectivity index (χ1) is 22.5. The second kappa shape index (κ2) is 14.4. The van der Waals surface area contributed by atoms with Crippen molar-refractivity contribution in [3.8, 4) is 0 Å². The quantitative estimate of drug-likeness (QED) is 0.145. The molecule has 5 heterocycles. The Bertz CT molecular complexity index is 1790. The number of halogens is 3. The smallest absolute Gasteiger partial charge is 0.306 e. The average Bonchev–Trinajstić information content (AvgIpc) is 3.72. The minimum Gasteiger partial charge on any atom is -0.483 e. The lowest BCUT2D eigenvalue weighted by Gasteiger charge is -2.44. The number of amides is 1. The summed E-state index contributed by atoms with van der Waals surface area (Å²) in [6.45, 7) is 6.40. The van der Waals surface area contributed by atoms with E-state index in [4.69, 9.17) is 25.9 Å². The van der Waals surface area contributed by atoms with Gasteiger partial charge in [-0.2, -0.15) is 8.78 Å². The molecular weight excluding hydrogens is 632 g/mol. The first-order valence-electron chi connectivity index (χ1n) is 16.1. The summed E-state index contributed by atoms with van der Waals surface area (Å²) in [5.41, 5.74) is 1.57. The number of H-pyrrole nitrogens is 1. The van der Waals surface area contributed by atoms with Crippen LogP contribution in [-0.4, -0.2) is 63.5 Å². The van der Waals surface area contributed by atoms with Crippen molar-refractivity contribution >= 4 is 51.9 Å². The second-order valence-corrected chi connectivity index (χ2v) is 13.1. The molecule has 0 aliphatic carbocycles. The number of fused-ring (bicyclic) bond motifs is 3. The molecule has 252 valence electrons. The van der Waals surface area contributed by atoms with E-state index in [0.717, 1.165) is 25.9 Å². The molecule has 47 heavy (non-hydrogen) atoms. The van der Waals surface area contributed by atoms with Crippen LogP contribution < -0.4 is 10.5 Å². The van der Waals surface area contributed by atoms with Gasteiger partial charge in [0.25, 0.3) is 12.0 Å². The van der Waals surface area contributed by atoms with E-state index in [-0.39, 0.29) is 30.3 Å². The van der Waals surface area contributed by atoms with Crippen LogP contribution >= 0.6 is 11.6 Å². The van der Waals surface area contributed by atoms with E-state index in [0.29, 0.717) is 77.2 Å². The molecule has 0 radical (unpaired) electrons. The Kier molecular flexibility index (Phi) is 10.5. The van der Waals surface area contributed by atoms with E-state index in [1.54, 1.807) is 6.07 Å². The van der Waals surface area contributed by atoms with Crippen LogP contribution in [-0.2, 0) is 20.9 Å². The Hall–Kier alpha value is -4.06. The van der Waals surface area contributed by atoms with Gasteiger partial charge >= 0.3 is 5.92 Å². The number of para-hydroxylation sites is 1. The number of benzene rings is 1. The number of likely N-dealkylation sites (tertiary alicyclic amines) is 1. The van der Waals surface area contributed by atoms with Crippen molar-refractivity contribution < 1.29 is 27.9 Å². The largest absolute Gasteiger partial charge is 0.483 e. The molecule has 0 saturated carbocycles. The second-order valence-electron chi connectivity index (χ2n) is 12.7. The number of carbonyl (C=O) groups is 2. The topological polar surface area (TPSA) is 133 Å². The number of hydrogen-bond donors (Lipinski definition) is 2. The van der Waals surface area contributed by atoms with Gasteiger partial charge in [-0.25, -0.2) is 9.97 Å². The maximum atomic E-state index is 15.6. The number of furan rings is 1. The van der Waals surface area contributed by atoms with Crippen molar-refractivity contribution in [2.24, 2.45) is 5.92 Å². The number of carbonyl (C=O) groups excluding carboxylic acids is 1. The van der Waals surface area contributed by atoms with Gasteiger partial charge in [-0.3, -0.25) is 14.4 Å². The summed E-state index contributed by atoms with van der Waals surface area (Å²) in [4.78, 5) is 49.1. The summed E-state index contributed by atoms with van der Waals surface area (Å²) >= 11 is 6.15. The van der Waals surface area contributed by atoms with Gasteiger partial charge < -0.3 is 24.3 Å². The lowest BCUT2D eigenvalue weighted by Crippen LogP contribution is -2.51. The molecule has 2 aliphatic heterocycles. The zero-order chi connectivity index (χ0) is 33.8. The number of aromatic nitrogens is 3. The van der Waals surface area contributed by atoms with Gasteiger partial charge in [0.1, 0.15) is 11.1 Å². The summed E-state index contributed by atoms with van der Waals surface area (Å²) < 4.78 is 37.2. The molecular formula is C34H40ClF2N5O5. The average molecular weight is 672 g/mol. The Labute approximate surface area is 276 Å². The number of aromatic amines is 1. The Morgan fingerprint density at radius 1 is 1.19 bits per heavy atom. The molecule has 0 bridgehead atoms. The number of anilines is 1. The molecule has 2 unspecified atom stereocenters. The fourth-order valence-corrected chi connectivity index (χ4v) is 6.86. The number of hydrogen-bond acceptors (Lipinski definition) is 7. The van der Waals surface area contributed by atoms with Crippen LogP contribution in [0.5, 0.6) is 0 Å². The summed E-state index contributed by atoms with van der Waals surface area (Å²) in [5, 5.41) is 8.07. The van der Waals surface area contributed by atoms with Crippen molar-refractivity contribution in [3.63, 3.8) is 0 Å². The zero-order valence-electron chi connectivity index (χ0n) is 26.6. The van der Waals surface area contributed by atoms with E-state index >= 15 is 8.78 Å². The van der Waals surface area contributed by atoms with Crippen LogP contribution in [0.2, 0.25) is 5.02 Å². The standard InChI is InChI=1S/C33H38ClF2N5O3.CH2O2/c1-21-20-41(17-14-32(21,2)24-18-22(34)19-37-30(24)43)26(42)12-4-3-7-13-33(35,36)31-38-27-23-10-5-6-11-25(23)44-28(27)29(39-31)40-15-8-9-16-40;2-1-3/h5-6,10-11,18-19,21H,3-4,7-9,12-17,20H2,1-2H3,(H,37,43);1H,(H,2,3). The van der Waals surface area contributed by atoms with Gasteiger partial charge in [-0.15, -0.1) is 0 Å². The van der Waals surface area contributed by atoms with Gasteiger partial charge in [-0.1, -0.05) is 44.0 Å². The predicted octanol–water partition coefficient (Wildman–Crippen LogP) is 6.89. The van der Waals surface area contributed by atoms with E-state index in [9.17, 15) is 9.59 Å². The summed E-state index contributed by atoms with van der Waals surface area (Å²) in [7, 11) is 0.